The lowest BCUT2D eigenvalue weighted by Gasteiger charge is -2.19. The maximum absolute atomic E-state index is 8.87. The molecular weight excluding hydrogens is 198 g/mol. The number of rotatable bonds is 1. The molecule has 0 fully saturated rings. The first kappa shape index (κ1) is 10.5. The summed E-state index contributed by atoms with van der Waals surface area (Å²) in [5.41, 5.74) is 13.5. The quantitative estimate of drug-likeness (QED) is 0.696. The highest BCUT2D eigenvalue weighted by Crippen LogP contribution is 2.25. The number of nitrogen functional groups attached to an aromatic ring is 1. The number of allylic oxidation sites excluding steroid dienone is 2. The van der Waals surface area contributed by atoms with Crippen LogP contribution in [0.4, 0.5) is 5.69 Å². The SMILES string of the molecule is N#CC1(N)C=CC(c2ccc(N)cc2)=CC1. The summed E-state index contributed by atoms with van der Waals surface area (Å²) in [6.45, 7) is 0. The first-order chi connectivity index (χ1) is 7.63. The Bertz CT molecular complexity index is 491. The molecule has 2 rings (SSSR count). The summed E-state index contributed by atoms with van der Waals surface area (Å²) < 4.78 is 0. The molecule has 0 saturated carbocycles. The molecule has 1 aliphatic rings. The van der Waals surface area contributed by atoms with Gasteiger partial charge in [-0.05, 0) is 29.3 Å². The van der Waals surface area contributed by atoms with E-state index in [1.807, 2.05) is 36.4 Å². The summed E-state index contributed by atoms with van der Waals surface area (Å²) in [6, 6.07) is 9.73. The van der Waals surface area contributed by atoms with E-state index in [1.165, 1.54) is 0 Å². The van der Waals surface area contributed by atoms with Crippen molar-refractivity contribution < 1.29 is 0 Å². The van der Waals surface area contributed by atoms with Crippen molar-refractivity contribution in [1.82, 2.24) is 0 Å². The molecule has 0 saturated heterocycles. The Hall–Kier alpha value is -2.05. The molecule has 0 radical (unpaired) electrons. The minimum absolute atomic E-state index is 0.541. The zero-order valence-corrected chi connectivity index (χ0v) is 8.85. The molecule has 0 amide bonds. The van der Waals surface area contributed by atoms with Crippen LogP contribution in [0.15, 0.2) is 42.5 Å². The molecular formula is C13H13N3. The smallest absolute Gasteiger partial charge is 0.126 e. The van der Waals surface area contributed by atoms with Gasteiger partial charge in [-0.25, -0.2) is 0 Å². The molecule has 3 heteroatoms. The van der Waals surface area contributed by atoms with Gasteiger partial charge in [0.25, 0.3) is 0 Å². The molecule has 0 aromatic heterocycles. The highest BCUT2D eigenvalue weighted by molar-refractivity contribution is 5.76. The second-order valence-corrected chi connectivity index (χ2v) is 3.97. The zero-order valence-electron chi connectivity index (χ0n) is 8.85. The van der Waals surface area contributed by atoms with Crippen molar-refractivity contribution >= 4 is 11.3 Å². The molecule has 0 heterocycles. The van der Waals surface area contributed by atoms with Gasteiger partial charge < -0.3 is 11.5 Å². The lowest BCUT2D eigenvalue weighted by Crippen LogP contribution is -2.36. The molecule has 1 atom stereocenters. The van der Waals surface area contributed by atoms with Crippen molar-refractivity contribution in [3.63, 3.8) is 0 Å². The van der Waals surface area contributed by atoms with Gasteiger partial charge in [-0.15, -0.1) is 0 Å². The summed E-state index contributed by atoms with van der Waals surface area (Å²) in [5.74, 6) is 0. The van der Waals surface area contributed by atoms with Crippen LogP contribution in [0, 0.1) is 11.3 Å². The van der Waals surface area contributed by atoms with Crippen LogP contribution in [-0.2, 0) is 0 Å². The predicted octanol–water partition coefficient (Wildman–Crippen LogP) is 1.83. The van der Waals surface area contributed by atoms with E-state index in [0.717, 1.165) is 16.8 Å². The number of benzene rings is 1. The third-order valence-electron chi connectivity index (χ3n) is 2.67. The van der Waals surface area contributed by atoms with Gasteiger partial charge in [0, 0.05) is 12.1 Å². The average Bonchev–Trinajstić information content (AvgIpc) is 2.32. The summed E-state index contributed by atoms with van der Waals surface area (Å²) in [6.07, 6.45) is 6.16. The van der Waals surface area contributed by atoms with Crippen molar-refractivity contribution in [2.45, 2.75) is 12.0 Å². The minimum atomic E-state index is -0.850. The number of nitriles is 1. The molecule has 0 aliphatic heterocycles. The molecule has 1 aliphatic carbocycles. The van der Waals surface area contributed by atoms with Crippen LogP contribution >= 0.6 is 0 Å². The summed E-state index contributed by atoms with van der Waals surface area (Å²) >= 11 is 0. The Morgan fingerprint density at radius 3 is 2.44 bits per heavy atom. The average molecular weight is 211 g/mol. The Labute approximate surface area is 94.7 Å². The Morgan fingerprint density at radius 2 is 1.94 bits per heavy atom. The molecule has 80 valence electrons. The van der Waals surface area contributed by atoms with E-state index in [0.29, 0.717) is 6.42 Å². The maximum Gasteiger partial charge on any atom is 0.126 e. The van der Waals surface area contributed by atoms with Gasteiger partial charge >= 0.3 is 0 Å². The maximum atomic E-state index is 8.87. The summed E-state index contributed by atoms with van der Waals surface area (Å²) in [7, 11) is 0. The van der Waals surface area contributed by atoms with Crippen LogP contribution in [0.1, 0.15) is 12.0 Å². The van der Waals surface area contributed by atoms with E-state index in [2.05, 4.69) is 6.07 Å². The van der Waals surface area contributed by atoms with E-state index >= 15 is 0 Å². The lowest BCUT2D eigenvalue weighted by atomic mass is 9.89. The standard InChI is InChI=1S/C13H13N3/c14-9-13(16)7-5-11(6-8-13)10-1-3-12(15)4-2-10/h1-7H,8,15-16H2. The van der Waals surface area contributed by atoms with Crippen molar-refractivity contribution in [2.75, 3.05) is 5.73 Å². The monoisotopic (exact) mass is 211 g/mol. The van der Waals surface area contributed by atoms with Gasteiger partial charge in [0.2, 0.25) is 0 Å². The van der Waals surface area contributed by atoms with Crippen LogP contribution in [0.5, 0.6) is 0 Å². The number of hydrogen-bond acceptors (Lipinski definition) is 3. The number of hydrogen-bond donors (Lipinski definition) is 2. The van der Waals surface area contributed by atoms with Gasteiger partial charge in [0.15, 0.2) is 0 Å². The van der Waals surface area contributed by atoms with Crippen LogP contribution < -0.4 is 11.5 Å². The summed E-state index contributed by atoms with van der Waals surface area (Å²) in [5, 5.41) is 8.87. The van der Waals surface area contributed by atoms with Crippen molar-refractivity contribution in [2.24, 2.45) is 5.73 Å². The topological polar surface area (TPSA) is 75.8 Å². The second-order valence-electron chi connectivity index (χ2n) is 3.97. The highest BCUT2D eigenvalue weighted by atomic mass is 14.7. The summed E-state index contributed by atoms with van der Waals surface area (Å²) in [4.78, 5) is 0. The largest absolute Gasteiger partial charge is 0.399 e. The predicted molar refractivity (Wildman–Crippen MR) is 65.1 cm³/mol. The van der Waals surface area contributed by atoms with E-state index in [1.54, 1.807) is 6.08 Å². The van der Waals surface area contributed by atoms with Crippen molar-refractivity contribution in [1.29, 1.82) is 5.26 Å². The van der Waals surface area contributed by atoms with Crippen LogP contribution in [-0.4, -0.2) is 5.54 Å². The zero-order chi connectivity index (χ0) is 11.6. The van der Waals surface area contributed by atoms with Crippen molar-refractivity contribution in [3.8, 4) is 6.07 Å². The van der Waals surface area contributed by atoms with Gasteiger partial charge in [-0.3, -0.25) is 0 Å². The fourth-order valence-corrected chi connectivity index (χ4v) is 1.63. The Morgan fingerprint density at radius 1 is 1.25 bits per heavy atom. The third kappa shape index (κ3) is 1.97. The molecule has 3 nitrogen and oxygen atoms in total. The number of nitrogens with zero attached hydrogens (tertiary/aromatic N) is 1. The highest BCUT2D eigenvalue weighted by Gasteiger charge is 2.22. The molecule has 16 heavy (non-hydrogen) atoms. The van der Waals surface area contributed by atoms with E-state index < -0.39 is 5.54 Å². The van der Waals surface area contributed by atoms with Gasteiger partial charge in [-0.2, -0.15) is 5.26 Å². The normalized spacial score (nSPS) is 23.6. The van der Waals surface area contributed by atoms with Crippen LogP contribution in [0.3, 0.4) is 0 Å². The molecule has 1 aromatic rings. The molecule has 1 aromatic carbocycles. The number of nitrogens with two attached hydrogens (primary N) is 2. The molecule has 0 spiro atoms. The Kier molecular flexibility index (Phi) is 2.51. The van der Waals surface area contributed by atoms with Gasteiger partial charge in [0.1, 0.15) is 5.54 Å². The first-order valence-corrected chi connectivity index (χ1v) is 5.08. The van der Waals surface area contributed by atoms with Crippen molar-refractivity contribution in [3.05, 3.63) is 48.1 Å². The number of anilines is 1. The first-order valence-electron chi connectivity index (χ1n) is 5.08. The van der Waals surface area contributed by atoms with E-state index in [9.17, 15) is 0 Å². The molecule has 1 unspecified atom stereocenters. The lowest BCUT2D eigenvalue weighted by molar-refractivity contribution is 0.677. The third-order valence-corrected chi connectivity index (χ3v) is 2.67. The Balaban J connectivity index is 2.24. The van der Waals surface area contributed by atoms with Crippen LogP contribution in [0.2, 0.25) is 0 Å². The minimum Gasteiger partial charge on any atom is -0.399 e. The van der Waals surface area contributed by atoms with Crippen LogP contribution in [0.25, 0.3) is 5.57 Å². The van der Waals surface area contributed by atoms with Gasteiger partial charge in [0.05, 0.1) is 6.07 Å². The second kappa shape index (κ2) is 3.84. The van der Waals surface area contributed by atoms with E-state index in [4.69, 9.17) is 16.7 Å². The van der Waals surface area contributed by atoms with Gasteiger partial charge in [-0.1, -0.05) is 24.3 Å². The fraction of sp³-hybridized carbons (Fsp3) is 0.154. The molecule has 0 bridgehead atoms. The van der Waals surface area contributed by atoms with E-state index in [-0.39, 0.29) is 0 Å². The fourth-order valence-electron chi connectivity index (χ4n) is 1.63. The molecule has 4 N–H and O–H groups in total.